The van der Waals surface area contributed by atoms with Gasteiger partial charge in [0.25, 0.3) is 0 Å². The molecular weight excluding hydrogens is 176 g/mol. The predicted molar refractivity (Wildman–Crippen MR) is 58.2 cm³/mol. The molecule has 1 N–H and O–H groups in total. The lowest BCUT2D eigenvalue weighted by Gasteiger charge is -2.47. The highest BCUT2D eigenvalue weighted by Gasteiger charge is 2.44. The Morgan fingerprint density at radius 3 is 2.14 bits per heavy atom. The lowest BCUT2D eigenvalue weighted by Crippen LogP contribution is -2.51. The number of rotatable bonds is 0. The molecule has 0 aromatic rings. The van der Waals surface area contributed by atoms with Gasteiger partial charge >= 0.3 is 0 Å². The van der Waals surface area contributed by atoms with Crippen LogP contribution in [0.3, 0.4) is 0 Å². The molecule has 0 saturated carbocycles. The molecule has 2 unspecified atom stereocenters. The van der Waals surface area contributed by atoms with E-state index in [9.17, 15) is 5.11 Å². The quantitative estimate of drug-likeness (QED) is 0.651. The third-order valence-electron chi connectivity index (χ3n) is 3.30. The van der Waals surface area contributed by atoms with Gasteiger partial charge in [0.2, 0.25) is 0 Å². The van der Waals surface area contributed by atoms with Crippen molar-refractivity contribution < 1.29 is 9.84 Å². The molecule has 0 radical (unpaired) electrons. The van der Waals surface area contributed by atoms with Crippen molar-refractivity contribution in [3.05, 3.63) is 0 Å². The van der Waals surface area contributed by atoms with Crippen molar-refractivity contribution in [3.8, 4) is 0 Å². The third-order valence-corrected chi connectivity index (χ3v) is 3.30. The van der Waals surface area contributed by atoms with Crippen LogP contribution in [0.2, 0.25) is 0 Å². The van der Waals surface area contributed by atoms with Crippen LogP contribution in [0.1, 0.15) is 48.0 Å². The molecule has 2 heteroatoms. The maximum atomic E-state index is 9.96. The standard InChI is InChI=1S/C12H24O2/c1-8-10(13)12(5,6)7-9(14-8)11(2,3)4/h8-10,13H,7H2,1-6H3/t8?,9?,10-/m0/s1. The summed E-state index contributed by atoms with van der Waals surface area (Å²) in [5, 5.41) is 9.96. The Kier molecular flexibility index (Phi) is 2.99. The first-order chi connectivity index (χ1) is 6.14. The average Bonchev–Trinajstić information content (AvgIpc) is 1.97. The van der Waals surface area contributed by atoms with Crippen LogP contribution in [-0.2, 0) is 4.74 Å². The van der Waals surface area contributed by atoms with Crippen molar-refractivity contribution in [1.29, 1.82) is 0 Å². The van der Waals surface area contributed by atoms with E-state index in [1.807, 2.05) is 6.92 Å². The number of hydrogen-bond acceptors (Lipinski definition) is 2. The maximum absolute atomic E-state index is 9.96. The molecule has 1 heterocycles. The molecule has 0 aliphatic carbocycles. The van der Waals surface area contributed by atoms with E-state index in [1.54, 1.807) is 0 Å². The fourth-order valence-corrected chi connectivity index (χ4v) is 2.13. The van der Waals surface area contributed by atoms with Crippen LogP contribution >= 0.6 is 0 Å². The Bertz CT molecular complexity index is 203. The predicted octanol–water partition coefficient (Wildman–Crippen LogP) is 2.60. The zero-order valence-corrected chi connectivity index (χ0v) is 10.3. The van der Waals surface area contributed by atoms with E-state index in [4.69, 9.17) is 4.74 Å². The van der Waals surface area contributed by atoms with Gasteiger partial charge in [0, 0.05) is 0 Å². The fraction of sp³-hybridized carbons (Fsp3) is 1.00. The Morgan fingerprint density at radius 1 is 1.29 bits per heavy atom. The summed E-state index contributed by atoms with van der Waals surface area (Å²) >= 11 is 0. The van der Waals surface area contributed by atoms with E-state index in [0.717, 1.165) is 6.42 Å². The Hall–Kier alpha value is -0.0800. The van der Waals surface area contributed by atoms with E-state index >= 15 is 0 Å². The molecule has 1 saturated heterocycles. The van der Waals surface area contributed by atoms with Crippen LogP contribution in [0.25, 0.3) is 0 Å². The molecule has 0 bridgehead atoms. The molecule has 84 valence electrons. The fourth-order valence-electron chi connectivity index (χ4n) is 2.13. The van der Waals surface area contributed by atoms with Crippen molar-refractivity contribution in [3.63, 3.8) is 0 Å². The van der Waals surface area contributed by atoms with Crippen LogP contribution in [0.4, 0.5) is 0 Å². The van der Waals surface area contributed by atoms with Crippen LogP contribution in [-0.4, -0.2) is 23.4 Å². The van der Waals surface area contributed by atoms with E-state index in [0.29, 0.717) is 0 Å². The van der Waals surface area contributed by atoms with Gasteiger partial charge in [-0.15, -0.1) is 0 Å². The van der Waals surface area contributed by atoms with Gasteiger partial charge in [-0.3, -0.25) is 0 Å². The molecule has 1 aliphatic rings. The third kappa shape index (κ3) is 2.29. The molecule has 1 aliphatic heterocycles. The molecule has 3 atom stereocenters. The van der Waals surface area contributed by atoms with Gasteiger partial charge in [0.15, 0.2) is 0 Å². The van der Waals surface area contributed by atoms with Gasteiger partial charge in [0.05, 0.1) is 18.3 Å². The first-order valence-corrected chi connectivity index (χ1v) is 5.48. The minimum atomic E-state index is -0.346. The van der Waals surface area contributed by atoms with Gasteiger partial charge in [-0.1, -0.05) is 34.6 Å². The minimum Gasteiger partial charge on any atom is -0.390 e. The van der Waals surface area contributed by atoms with Crippen molar-refractivity contribution >= 4 is 0 Å². The zero-order chi connectivity index (χ0) is 11.1. The van der Waals surface area contributed by atoms with Crippen molar-refractivity contribution in [2.75, 3.05) is 0 Å². The lowest BCUT2D eigenvalue weighted by molar-refractivity contribution is -0.190. The second-order valence-electron chi connectivity index (χ2n) is 6.33. The summed E-state index contributed by atoms with van der Waals surface area (Å²) in [6.07, 6.45) is 0.780. The topological polar surface area (TPSA) is 29.5 Å². The average molecular weight is 200 g/mol. The van der Waals surface area contributed by atoms with E-state index in [1.165, 1.54) is 0 Å². The van der Waals surface area contributed by atoms with Crippen LogP contribution in [0.5, 0.6) is 0 Å². The number of ether oxygens (including phenoxy) is 1. The van der Waals surface area contributed by atoms with E-state index in [-0.39, 0.29) is 29.1 Å². The highest BCUT2D eigenvalue weighted by molar-refractivity contribution is 4.93. The summed E-state index contributed by atoms with van der Waals surface area (Å²) in [7, 11) is 0. The highest BCUT2D eigenvalue weighted by atomic mass is 16.5. The van der Waals surface area contributed by atoms with E-state index in [2.05, 4.69) is 34.6 Å². The molecule has 14 heavy (non-hydrogen) atoms. The smallest absolute Gasteiger partial charge is 0.0850 e. The van der Waals surface area contributed by atoms with Crippen molar-refractivity contribution in [2.24, 2.45) is 10.8 Å². The summed E-state index contributed by atoms with van der Waals surface area (Å²) in [4.78, 5) is 0. The SMILES string of the molecule is CC1OC(C(C)(C)C)CC(C)(C)[C@H]1O. The number of aliphatic hydroxyl groups is 1. The number of hydrogen-bond donors (Lipinski definition) is 1. The second-order valence-corrected chi connectivity index (χ2v) is 6.33. The summed E-state index contributed by atoms with van der Waals surface area (Å²) < 4.78 is 5.85. The van der Waals surface area contributed by atoms with Gasteiger partial charge in [-0.25, -0.2) is 0 Å². The molecule has 2 nitrogen and oxygen atoms in total. The Morgan fingerprint density at radius 2 is 1.79 bits per heavy atom. The van der Waals surface area contributed by atoms with Gasteiger partial charge in [-0.05, 0) is 24.2 Å². The van der Waals surface area contributed by atoms with Crippen LogP contribution in [0.15, 0.2) is 0 Å². The van der Waals surface area contributed by atoms with Gasteiger partial charge in [0.1, 0.15) is 0 Å². The van der Waals surface area contributed by atoms with Crippen LogP contribution in [0, 0.1) is 10.8 Å². The summed E-state index contributed by atoms with van der Waals surface area (Å²) in [6.45, 7) is 12.8. The molecule has 0 aromatic heterocycles. The summed E-state index contributed by atoms with van der Waals surface area (Å²) in [5.41, 5.74) is 0.126. The van der Waals surface area contributed by atoms with Crippen molar-refractivity contribution in [1.82, 2.24) is 0 Å². The molecule has 1 rings (SSSR count). The highest BCUT2D eigenvalue weighted by Crippen LogP contribution is 2.41. The first kappa shape index (κ1) is 12.0. The summed E-state index contributed by atoms with van der Waals surface area (Å²) in [5.74, 6) is 0. The monoisotopic (exact) mass is 200 g/mol. The molecule has 0 aromatic carbocycles. The molecular formula is C12H24O2. The number of aliphatic hydroxyl groups excluding tert-OH is 1. The minimum absolute atomic E-state index is 0.0321. The normalized spacial score (nSPS) is 38.4. The van der Waals surface area contributed by atoms with Crippen LogP contribution < -0.4 is 0 Å². The van der Waals surface area contributed by atoms with Gasteiger partial charge < -0.3 is 9.84 Å². The van der Waals surface area contributed by atoms with E-state index < -0.39 is 0 Å². The zero-order valence-electron chi connectivity index (χ0n) is 10.3. The molecule has 0 amide bonds. The first-order valence-electron chi connectivity index (χ1n) is 5.48. The van der Waals surface area contributed by atoms with Crippen molar-refractivity contribution in [2.45, 2.75) is 66.3 Å². The molecule has 0 spiro atoms. The Labute approximate surface area is 87.7 Å². The summed E-state index contributed by atoms with van der Waals surface area (Å²) in [6, 6.07) is 0. The lowest BCUT2D eigenvalue weighted by atomic mass is 9.71. The largest absolute Gasteiger partial charge is 0.390 e. The Balaban J connectivity index is 2.79. The van der Waals surface area contributed by atoms with Gasteiger partial charge in [-0.2, -0.15) is 0 Å². The maximum Gasteiger partial charge on any atom is 0.0850 e. The second kappa shape index (κ2) is 3.49. The molecule has 1 fully saturated rings.